The van der Waals surface area contributed by atoms with Crippen LogP contribution >= 0.6 is 0 Å². The lowest BCUT2D eigenvalue weighted by Gasteiger charge is -2.15. The van der Waals surface area contributed by atoms with E-state index in [0.717, 1.165) is 32.2 Å². The van der Waals surface area contributed by atoms with Gasteiger partial charge in [0.15, 0.2) is 0 Å². The molecule has 0 saturated carbocycles. The Hall–Kier alpha value is -0.860. The van der Waals surface area contributed by atoms with Gasteiger partial charge in [-0.25, -0.2) is 0 Å². The molecule has 0 radical (unpaired) electrons. The maximum absolute atomic E-state index is 9.44. The van der Waals surface area contributed by atoms with E-state index in [0.29, 0.717) is 6.04 Å². The lowest BCUT2D eigenvalue weighted by molar-refractivity contribution is 0.158. The Labute approximate surface area is 105 Å². The monoisotopic (exact) mass is 235 g/mol. The molecule has 0 heterocycles. The van der Waals surface area contributed by atoms with Crippen LogP contribution in [0.4, 0.5) is 0 Å². The fourth-order valence-electron chi connectivity index (χ4n) is 1.83. The molecule has 17 heavy (non-hydrogen) atoms. The predicted octanol–water partition coefficient (Wildman–Crippen LogP) is 2.76. The number of aliphatic hydroxyl groups is 1. The third kappa shape index (κ3) is 6.44. The number of benzene rings is 1. The average molecular weight is 235 g/mol. The van der Waals surface area contributed by atoms with Crippen molar-refractivity contribution in [1.82, 2.24) is 5.32 Å². The standard InChI is InChI=1S/C15H25NO/c1-3-15(17)11-12-16-13(2)9-10-14-7-5-4-6-8-14/h4-8,13,15-17H,3,9-12H2,1-2H3. The largest absolute Gasteiger partial charge is 0.393 e. The first kappa shape index (κ1) is 14.2. The molecular formula is C15H25NO. The highest BCUT2D eigenvalue weighted by molar-refractivity contribution is 5.14. The molecule has 2 heteroatoms. The lowest BCUT2D eigenvalue weighted by Crippen LogP contribution is -2.29. The minimum Gasteiger partial charge on any atom is -0.393 e. The van der Waals surface area contributed by atoms with Gasteiger partial charge in [-0.1, -0.05) is 37.3 Å². The molecular weight excluding hydrogens is 210 g/mol. The SMILES string of the molecule is CCC(O)CCNC(C)CCc1ccccc1. The topological polar surface area (TPSA) is 32.3 Å². The number of aryl methyl sites for hydroxylation is 1. The summed E-state index contributed by atoms with van der Waals surface area (Å²) in [7, 11) is 0. The minimum atomic E-state index is -0.149. The molecule has 0 bridgehead atoms. The summed E-state index contributed by atoms with van der Waals surface area (Å²) in [4.78, 5) is 0. The van der Waals surface area contributed by atoms with E-state index in [-0.39, 0.29) is 6.10 Å². The Bertz CT molecular complexity index is 286. The Morgan fingerprint density at radius 2 is 1.88 bits per heavy atom. The second kappa shape index (κ2) is 8.26. The highest BCUT2D eigenvalue weighted by atomic mass is 16.3. The predicted molar refractivity (Wildman–Crippen MR) is 73.1 cm³/mol. The molecule has 0 spiro atoms. The number of nitrogens with one attached hydrogen (secondary N) is 1. The van der Waals surface area contributed by atoms with E-state index in [2.05, 4.69) is 42.6 Å². The normalized spacial score (nSPS) is 14.5. The Morgan fingerprint density at radius 1 is 1.18 bits per heavy atom. The molecule has 0 amide bonds. The van der Waals surface area contributed by atoms with Gasteiger partial charge in [0.2, 0.25) is 0 Å². The summed E-state index contributed by atoms with van der Waals surface area (Å²) in [6.07, 6.45) is 3.81. The molecule has 2 atom stereocenters. The van der Waals surface area contributed by atoms with E-state index in [1.165, 1.54) is 5.56 Å². The first-order valence-electron chi connectivity index (χ1n) is 6.67. The van der Waals surface area contributed by atoms with Crippen molar-refractivity contribution in [3.8, 4) is 0 Å². The Morgan fingerprint density at radius 3 is 2.53 bits per heavy atom. The van der Waals surface area contributed by atoms with Gasteiger partial charge in [0.05, 0.1) is 6.10 Å². The van der Waals surface area contributed by atoms with Gasteiger partial charge in [0.1, 0.15) is 0 Å². The molecule has 0 aliphatic rings. The lowest BCUT2D eigenvalue weighted by atomic mass is 10.1. The first-order valence-corrected chi connectivity index (χ1v) is 6.67. The second-order valence-corrected chi connectivity index (χ2v) is 4.73. The maximum atomic E-state index is 9.44. The molecule has 2 nitrogen and oxygen atoms in total. The molecule has 0 aliphatic carbocycles. The van der Waals surface area contributed by atoms with E-state index < -0.39 is 0 Å². The van der Waals surface area contributed by atoms with Crippen LogP contribution in [0.15, 0.2) is 30.3 Å². The van der Waals surface area contributed by atoms with Gasteiger partial charge >= 0.3 is 0 Å². The van der Waals surface area contributed by atoms with Gasteiger partial charge in [-0.3, -0.25) is 0 Å². The van der Waals surface area contributed by atoms with E-state index in [4.69, 9.17) is 0 Å². The molecule has 1 rings (SSSR count). The molecule has 2 unspecified atom stereocenters. The molecule has 1 aromatic rings. The van der Waals surface area contributed by atoms with E-state index in [1.54, 1.807) is 0 Å². The molecule has 2 N–H and O–H groups in total. The summed E-state index contributed by atoms with van der Waals surface area (Å²) in [6.45, 7) is 5.13. The number of rotatable bonds is 8. The van der Waals surface area contributed by atoms with Crippen LogP contribution < -0.4 is 5.32 Å². The van der Waals surface area contributed by atoms with Crippen LogP contribution in [0.5, 0.6) is 0 Å². The van der Waals surface area contributed by atoms with E-state index in [9.17, 15) is 5.11 Å². The van der Waals surface area contributed by atoms with Crippen LogP contribution in [0.1, 0.15) is 38.7 Å². The van der Waals surface area contributed by atoms with Crippen LogP contribution in [-0.2, 0) is 6.42 Å². The maximum Gasteiger partial charge on any atom is 0.0549 e. The summed E-state index contributed by atoms with van der Waals surface area (Å²) >= 11 is 0. The van der Waals surface area contributed by atoms with Gasteiger partial charge in [0.25, 0.3) is 0 Å². The fourth-order valence-corrected chi connectivity index (χ4v) is 1.83. The zero-order chi connectivity index (χ0) is 12.5. The van der Waals surface area contributed by atoms with E-state index >= 15 is 0 Å². The number of aliphatic hydroxyl groups excluding tert-OH is 1. The van der Waals surface area contributed by atoms with Crippen LogP contribution in [0.25, 0.3) is 0 Å². The Balaban J connectivity index is 2.11. The van der Waals surface area contributed by atoms with Crippen LogP contribution in [0, 0.1) is 0 Å². The minimum absolute atomic E-state index is 0.149. The van der Waals surface area contributed by atoms with Crippen molar-refractivity contribution in [3.63, 3.8) is 0 Å². The molecule has 0 fully saturated rings. The van der Waals surface area contributed by atoms with Crippen molar-refractivity contribution in [1.29, 1.82) is 0 Å². The highest BCUT2D eigenvalue weighted by Gasteiger charge is 2.04. The van der Waals surface area contributed by atoms with Crippen LogP contribution in [0.2, 0.25) is 0 Å². The van der Waals surface area contributed by atoms with Gasteiger partial charge in [-0.05, 0) is 44.7 Å². The molecule has 0 aromatic heterocycles. The zero-order valence-electron chi connectivity index (χ0n) is 11.0. The summed E-state index contributed by atoms with van der Waals surface area (Å²) < 4.78 is 0. The summed E-state index contributed by atoms with van der Waals surface area (Å²) in [5, 5.41) is 12.9. The van der Waals surface area contributed by atoms with Gasteiger partial charge in [-0.15, -0.1) is 0 Å². The van der Waals surface area contributed by atoms with Crippen LogP contribution in [-0.4, -0.2) is 23.8 Å². The van der Waals surface area contributed by atoms with Crippen molar-refractivity contribution in [2.24, 2.45) is 0 Å². The second-order valence-electron chi connectivity index (χ2n) is 4.73. The average Bonchev–Trinajstić information content (AvgIpc) is 2.37. The van der Waals surface area contributed by atoms with Gasteiger partial charge in [-0.2, -0.15) is 0 Å². The fraction of sp³-hybridized carbons (Fsp3) is 0.600. The van der Waals surface area contributed by atoms with Crippen molar-refractivity contribution in [3.05, 3.63) is 35.9 Å². The van der Waals surface area contributed by atoms with Gasteiger partial charge in [0, 0.05) is 6.04 Å². The molecule has 1 aromatic carbocycles. The van der Waals surface area contributed by atoms with Crippen molar-refractivity contribution in [2.45, 2.75) is 51.7 Å². The third-order valence-electron chi connectivity index (χ3n) is 3.15. The van der Waals surface area contributed by atoms with Gasteiger partial charge < -0.3 is 10.4 Å². The Kier molecular flexibility index (Phi) is 6.90. The van der Waals surface area contributed by atoms with E-state index in [1.807, 2.05) is 6.92 Å². The van der Waals surface area contributed by atoms with Crippen molar-refractivity contribution < 1.29 is 5.11 Å². The molecule has 0 saturated heterocycles. The zero-order valence-corrected chi connectivity index (χ0v) is 11.0. The summed E-state index contributed by atoms with van der Waals surface area (Å²) in [5.41, 5.74) is 1.40. The number of hydrogen-bond donors (Lipinski definition) is 2. The van der Waals surface area contributed by atoms with Crippen molar-refractivity contribution >= 4 is 0 Å². The van der Waals surface area contributed by atoms with Crippen molar-refractivity contribution in [2.75, 3.05) is 6.54 Å². The van der Waals surface area contributed by atoms with Crippen LogP contribution in [0.3, 0.4) is 0 Å². The summed E-state index contributed by atoms with van der Waals surface area (Å²) in [6, 6.07) is 11.1. The highest BCUT2D eigenvalue weighted by Crippen LogP contribution is 2.05. The summed E-state index contributed by atoms with van der Waals surface area (Å²) in [5.74, 6) is 0. The first-order chi connectivity index (χ1) is 8.22. The molecule has 0 aliphatic heterocycles. The quantitative estimate of drug-likeness (QED) is 0.726. The smallest absolute Gasteiger partial charge is 0.0549 e. The molecule has 96 valence electrons. The number of hydrogen-bond acceptors (Lipinski definition) is 2. The third-order valence-corrected chi connectivity index (χ3v) is 3.15.